The summed E-state index contributed by atoms with van der Waals surface area (Å²) in [6, 6.07) is 9.55. The molecule has 1 aromatic rings. The maximum atomic E-state index is 11.8. The van der Waals surface area contributed by atoms with Crippen molar-refractivity contribution < 1.29 is 27.0 Å². The molecule has 2 aliphatic carbocycles. The molecule has 0 aromatic heterocycles. The first kappa shape index (κ1) is 26.2. The summed E-state index contributed by atoms with van der Waals surface area (Å²) in [4.78, 5) is 11.8. The van der Waals surface area contributed by atoms with E-state index in [4.69, 9.17) is 0 Å². The monoisotopic (exact) mass is 433 g/mol. The second-order valence-corrected chi connectivity index (χ2v) is 7.34. The Kier molecular flexibility index (Phi) is 11.5. The average molecular weight is 433 g/mol. The van der Waals surface area contributed by atoms with Crippen LogP contribution in [-0.2, 0) is 28.3 Å². The normalized spacial score (nSPS) is 20.8. The first-order valence-corrected chi connectivity index (χ1v) is 9.72. The molecular formula is C25H31FeNO2+2. The van der Waals surface area contributed by atoms with Crippen LogP contribution in [0.4, 0.5) is 0 Å². The quantitative estimate of drug-likeness (QED) is 0.688. The first-order valence-electron chi connectivity index (χ1n) is 9.72. The number of hydrogen-bond acceptors (Lipinski definition) is 2. The van der Waals surface area contributed by atoms with Crippen molar-refractivity contribution in [3.05, 3.63) is 97.1 Å². The molecule has 3 rings (SSSR count). The molecule has 0 bridgehead atoms. The maximum absolute atomic E-state index is 11.8. The number of aliphatic hydroxyl groups excluding tert-OH is 1. The minimum Gasteiger partial charge on any atom is -0.394 e. The van der Waals surface area contributed by atoms with E-state index in [0.29, 0.717) is 12.3 Å². The second-order valence-electron chi connectivity index (χ2n) is 7.34. The van der Waals surface area contributed by atoms with Crippen molar-refractivity contribution in [2.24, 2.45) is 0 Å². The van der Waals surface area contributed by atoms with E-state index in [1.165, 1.54) is 29.6 Å². The van der Waals surface area contributed by atoms with Crippen LogP contribution in [0.2, 0.25) is 0 Å². The molecule has 0 aliphatic heterocycles. The zero-order chi connectivity index (χ0) is 20.7. The Balaban J connectivity index is 0.000000327. The third kappa shape index (κ3) is 7.42. The third-order valence-corrected chi connectivity index (χ3v) is 5.62. The van der Waals surface area contributed by atoms with Gasteiger partial charge in [0.2, 0.25) is 5.91 Å². The van der Waals surface area contributed by atoms with Crippen LogP contribution in [0.1, 0.15) is 40.2 Å². The maximum Gasteiger partial charge on any atom is 2.00 e. The number of rotatable bonds is 5. The van der Waals surface area contributed by atoms with E-state index in [9.17, 15) is 9.90 Å². The van der Waals surface area contributed by atoms with Gasteiger partial charge in [0.05, 0.1) is 18.6 Å². The Hall–Kier alpha value is -0.831. The van der Waals surface area contributed by atoms with Crippen molar-refractivity contribution in [3.8, 4) is 0 Å². The van der Waals surface area contributed by atoms with E-state index in [2.05, 4.69) is 39.9 Å². The van der Waals surface area contributed by atoms with Gasteiger partial charge in [0.25, 0.3) is 0 Å². The molecule has 0 unspecified atom stereocenters. The predicted octanol–water partition coefficient (Wildman–Crippen LogP) is 4.08. The summed E-state index contributed by atoms with van der Waals surface area (Å²) in [6.07, 6.45) is 7.78. The molecule has 154 valence electrons. The molecule has 1 atom stereocenters. The molecule has 2 fully saturated rings. The van der Waals surface area contributed by atoms with Gasteiger partial charge in [0.15, 0.2) is 0 Å². The van der Waals surface area contributed by atoms with E-state index >= 15 is 0 Å². The summed E-state index contributed by atoms with van der Waals surface area (Å²) >= 11 is 0. The molecule has 2 N–H and O–H groups in total. The largest absolute Gasteiger partial charge is 2.00 e. The minimum absolute atomic E-state index is 0. The molecule has 0 heterocycles. The Morgan fingerprint density at radius 1 is 0.862 bits per heavy atom. The van der Waals surface area contributed by atoms with Crippen molar-refractivity contribution in [1.82, 2.24) is 5.32 Å². The van der Waals surface area contributed by atoms with Gasteiger partial charge in [-0.1, -0.05) is 65.0 Å². The van der Waals surface area contributed by atoms with E-state index in [0.717, 1.165) is 5.56 Å². The zero-order valence-corrected chi connectivity index (χ0v) is 19.0. The van der Waals surface area contributed by atoms with Crippen molar-refractivity contribution in [2.75, 3.05) is 6.61 Å². The summed E-state index contributed by atoms with van der Waals surface area (Å²) in [7, 11) is 0. The molecular weight excluding hydrogens is 402 g/mol. The minimum atomic E-state index is -0.255. The van der Waals surface area contributed by atoms with E-state index in [1.807, 2.05) is 43.2 Å². The van der Waals surface area contributed by atoms with Gasteiger partial charge in [0, 0.05) is 0 Å². The number of amides is 1. The number of benzene rings is 1. The summed E-state index contributed by atoms with van der Waals surface area (Å²) in [5, 5.41) is 12.1. The zero-order valence-electron chi connectivity index (χ0n) is 17.9. The standard InChI is InChI=1S/C15H16NO2.C10H15.Fe/c17-11-14(10-12-6-2-1-3-7-12)16-15(18)13-8-4-5-9-13;1-6-7(2)9(4)10(5)8(6)3;/h1-9,14,17H,10-11H2,(H,16,18);1-5H3;/q;;+2/t14-;;/m0../s1. The second kappa shape index (κ2) is 12.8. The van der Waals surface area contributed by atoms with E-state index in [1.54, 1.807) is 12.8 Å². The number of aliphatic hydroxyl groups is 1. The van der Waals surface area contributed by atoms with Crippen LogP contribution in [-0.4, -0.2) is 23.7 Å². The molecule has 1 aromatic carbocycles. The molecule has 1 amide bonds. The van der Waals surface area contributed by atoms with Crippen LogP contribution in [0.3, 0.4) is 0 Å². The average Bonchev–Trinajstić information content (AvgIpc) is 3.31. The molecule has 0 saturated heterocycles. The van der Waals surface area contributed by atoms with Crippen molar-refractivity contribution in [3.63, 3.8) is 0 Å². The first-order chi connectivity index (χ1) is 13.3. The number of carbonyl (C=O) groups excluding carboxylic acids is 1. The number of nitrogens with one attached hydrogen (secondary N) is 1. The molecule has 3 nitrogen and oxygen atoms in total. The number of carbonyl (C=O) groups is 1. The van der Waals surface area contributed by atoms with Gasteiger partial charge in [-0.2, -0.15) is 0 Å². The molecule has 0 spiro atoms. The summed E-state index contributed by atoms with van der Waals surface area (Å²) in [5.74, 6) is 7.82. The number of hydrogen-bond donors (Lipinski definition) is 2. The van der Waals surface area contributed by atoms with Gasteiger partial charge < -0.3 is 10.4 Å². The molecule has 2 saturated carbocycles. The molecule has 29 heavy (non-hydrogen) atoms. The van der Waals surface area contributed by atoms with Gasteiger partial charge >= 0.3 is 17.1 Å². The fraction of sp³-hybridized carbons (Fsp3) is 0.320. The summed E-state index contributed by atoms with van der Waals surface area (Å²) in [6.45, 7) is 10.9. The Morgan fingerprint density at radius 2 is 1.31 bits per heavy atom. The summed E-state index contributed by atoms with van der Waals surface area (Å²) < 4.78 is 0. The fourth-order valence-electron chi connectivity index (χ4n) is 3.26. The van der Waals surface area contributed by atoms with Gasteiger partial charge in [-0.15, -0.1) is 0 Å². The predicted molar refractivity (Wildman–Crippen MR) is 114 cm³/mol. The smallest absolute Gasteiger partial charge is 0.394 e. The third-order valence-electron chi connectivity index (χ3n) is 5.62. The van der Waals surface area contributed by atoms with Crippen LogP contribution < -0.4 is 5.32 Å². The molecule has 4 heteroatoms. The van der Waals surface area contributed by atoms with Crippen LogP contribution in [0.25, 0.3) is 0 Å². The van der Waals surface area contributed by atoms with Gasteiger partial charge in [0.1, 0.15) is 0 Å². The fourth-order valence-corrected chi connectivity index (χ4v) is 3.26. The Morgan fingerprint density at radius 3 is 1.72 bits per heavy atom. The Labute approximate surface area is 188 Å². The topological polar surface area (TPSA) is 49.3 Å². The van der Waals surface area contributed by atoms with Gasteiger partial charge in [-0.05, 0) is 67.3 Å². The Bertz CT molecular complexity index is 543. The van der Waals surface area contributed by atoms with E-state index in [-0.39, 0.29) is 35.6 Å². The van der Waals surface area contributed by atoms with Crippen LogP contribution >= 0.6 is 0 Å². The van der Waals surface area contributed by atoms with Crippen LogP contribution in [0.5, 0.6) is 0 Å². The van der Waals surface area contributed by atoms with Crippen LogP contribution in [0.15, 0.2) is 30.3 Å². The summed E-state index contributed by atoms with van der Waals surface area (Å²) in [5.41, 5.74) is 1.10. The van der Waals surface area contributed by atoms with Gasteiger partial charge in [-0.3, -0.25) is 4.79 Å². The molecule has 2 aliphatic rings. The van der Waals surface area contributed by atoms with Gasteiger partial charge in [-0.25, -0.2) is 0 Å². The van der Waals surface area contributed by atoms with Crippen molar-refractivity contribution in [1.29, 1.82) is 0 Å². The molecule has 10 radical (unpaired) electrons. The van der Waals surface area contributed by atoms with Crippen molar-refractivity contribution in [2.45, 2.75) is 47.1 Å². The van der Waals surface area contributed by atoms with Crippen molar-refractivity contribution >= 4 is 5.91 Å². The SMILES string of the molecule is C[C]1[C](C)[C](C)[C](C)[C]1C.O=C(N[C@H](CO)Cc1ccccc1)[C]1[CH][CH][CH][CH]1.[Fe+2]. The van der Waals surface area contributed by atoms with E-state index < -0.39 is 0 Å². The van der Waals surface area contributed by atoms with Crippen LogP contribution in [0, 0.1) is 61.2 Å².